The third-order valence-corrected chi connectivity index (χ3v) is 6.24. The lowest BCUT2D eigenvalue weighted by molar-refractivity contribution is 0.0592. The Morgan fingerprint density at radius 3 is 2.34 bits per heavy atom. The van der Waals surface area contributed by atoms with Crippen LogP contribution in [0.1, 0.15) is 33.4 Å². The van der Waals surface area contributed by atoms with Crippen LogP contribution in [0.3, 0.4) is 0 Å². The van der Waals surface area contributed by atoms with Crippen LogP contribution in [0, 0.1) is 6.92 Å². The first-order chi connectivity index (χ1) is 13.7. The number of Topliss-reactive ketones (excluding diaryl/α,β-unsaturated/α-hetero) is 1. The SMILES string of the molecule is COC(=O)c1c(S(=O)(=O)c2ccccc2)cc(C)c(-c2ccoc2C(C)=O)c1O. The lowest BCUT2D eigenvalue weighted by Crippen LogP contribution is -2.13. The molecule has 0 atom stereocenters. The van der Waals surface area contributed by atoms with Crippen LogP contribution in [0.15, 0.2) is 62.9 Å². The van der Waals surface area contributed by atoms with Crippen molar-refractivity contribution in [3.05, 3.63) is 65.6 Å². The Hall–Kier alpha value is -3.39. The molecule has 1 aromatic heterocycles. The molecule has 0 aliphatic heterocycles. The average molecular weight is 414 g/mol. The van der Waals surface area contributed by atoms with Gasteiger partial charge in [0.15, 0.2) is 11.5 Å². The molecule has 29 heavy (non-hydrogen) atoms. The van der Waals surface area contributed by atoms with Crippen molar-refractivity contribution in [2.24, 2.45) is 0 Å². The van der Waals surface area contributed by atoms with Crippen molar-refractivity contribution in [3.63, 3.8) is 0 Å². The second kappa shape index (κ2) is 7.56. The third kappa shape index (κ3) is 3.42. The Balaban J connectivity index is 2.38. The number of phenolic OH excluding ortho intramolecular Hbond substituents is 1. The second-order valence-corrected chi connectivity index (χ2v) is 8.24. The molecule has 2 aromatic carbocycles. The number of carbonyl (C=O) groups is 2. The smallest absolute Gasteiger partial charge is 0.343 e. The summed E-state index contributed by atoms with van der Waals surface area (Å²) < 4.78 is 36.2. The number of carbonyl (C=O) groups excluding carboxylic acids is 2. The molecule has 1 heterocycles. The van der Waals surface area contributed by atoms with Gasteiger partial charge >= 0.3 is 5.97 Å². The number of sulfone groups is 1. The van der Waals surface area contributed by atoms with Crippen molar-refractivity contribution in [2.45, 2.75) is 23.6 Å². The molecule has 0 aliphatic carbocycles. The number of ketones is 1. The predicted molar refractivity (Wildman–Crippen MR) is 104 cm³/mol. The molecule has 3 rings (SSSR count). The standard InChI is InChI=1S/C21H18O7S/c1-12-11-16(29(25,26)14-7-5-4-6-8-14)18(21(24)27-3)19(23)17(12)15-9-10-28-20(15)13(2)22/h4-11,23H,1-3H3. The summed E-state index contributed by atoms with van der Waals surface area (Å²) in [6.07, 6.45) is 1.28. The minimum atomic E-state index is -4.13. The van der Waals surface area contributed by atoms with Crippen molar-refractivity contribution < 1.29 is 32.3 Å². The number of ether oxygens (including phenoxy) is 1. The Kier molecular flexibility index (Phi) is 5.30. The highest BCUT2D eigenvalue weighted by molar-refractivity contribution is 7.91. The zero-order valence-corrected chi connectivity index (χ0v) is 16.7. The molecule has 150 valence electrons. The maximum absolute atomic E-state index is 13.2. The number of rotatable bonds is 5. The monoisotopic (exact) mass is 414 g/mol. The van der Waals surface area contributed by atoms with Gasteiger partial charge in [-0.2, -0.15) is 0 Å². The van der Waals surface area contributed by atoms with E-state index in [-0.39, 0.29) is 32.5 Å². The minimum Gasteiger partial charge on any atom is -0.506 e. The van der Waals surface area contributed by atoms with Gasteiger partial charge in [0.2, 0.25) is 9.84 Å². The van der Waals surface area contributed by atoms with E-state index in [0.29, 0.717) is 5.56 Å². The number of esters is 1. The highest BCUT2D eigenvalue weighted by Crippen LogP contribution is 2.42. The number of hydrogen-bond acceptors (Lipinski definition) is 7. The fraction of sp³-hybridized carbons (Fsp3) is 0.143. The van der Waals surface area contributed by atoms with Crippen LogP contribution in [0.25, 0.3) is 11.1 Å². The normalized spacial score (nSPS) is 11.3. The maximum Gasteiger partial charge on any atom is 0.343 e. The van der Waals surface area contributed by atoms with Gasteiger partial charge < -0.3 is 14.3 Å². The van der Waals surface area contributed by atoms with Crippen LogP contribution in [-0.2, 0) is 14.6 Å². The van der Waals surface area contributed by atoms with Gasteiger partial charge in [0.05, 0.1) is 23.2 Å². The molecule has 0 saturated carbocycles. The molecule has 0 saturated heterocycles. The Morgan fingerprint density at radius 1 is 1.10 bits per heavy atom. The number of aryl methyl sites for hydroxylation is 1. The number of phenols is 1. The number of aromatic hydroxyl groups is 1. The minimum absolute atomic E-state index is 0.0158. The van der Waals surface area contributed by atoms with Crippen LogP contribution < -0.4 is 0 Å². The van der Waals surface area contributed by atoms with Crippen molar-refractivity contribution in [1.29, 1.82) is 0 Å². The van der Waals surface area contributed by atoms with E-state index in [1.54, 1.807) is 25.1 Å². The number of hydrogen-bond donors (Lipinski definition) is 1. The number of benzene rings is 2. The summed E-state index contributed by atoms with van der Waals surface area (Å²) >= 11 is 0. The van der Waals surface area contributed by atoms with Gasteiger partial charge in [0.1, 0.15) is 11.3 Å². The van der Waals surface area contributed by atoms with E-state index in [2.05, 4.69) is 0 Å². The van der Waals surface area contributed by atoms with Crippen LogP contribution in [-0.4, -0.2) is 32.4 Å². The third-order valence-electron chi connectivity index (χ3n) is 4.45. The molecule has 8 heteroatoms. The van der Waals surface area contributed by atoms with E-state index in [0.717, 1.165) is 7.11 Å². The van der Waals surface area contributed by atoms with Crippen molar-refractivity contribution in [1.82, 2.24) is 0 Å². The Bertz CT molecular complexity index is 1210. The topological polar surface area (TPSA) is 111 Å². The number of furan rings is 1. The molecule has 1 N–H and O–H groups in total. The van der Waals surface area contributed by atoms with Gasteiger partial charge in [-0.05, 0) is 36.8 Å². The van der Waals surface area contributed by atoms with E-state index < -0.39 is 27.1 Å². The first-order valence-electron chi connectivity index (χ1n) is 8.54. The van der Waals surface area contributed by atoms with Crippen molar-refractivity contribution in [3.8, 4) is 16.9 Å². The van der Waals surface area contributed by atoms with E-state index in [1.807, 2.05) is 0 Å². The lowest BCUT2D eigenvalue weighted by Gasteiger charge is -2.16. The summed E-state index contributed by atoms with van der Waals surface area (Å²) in [6.45, 7) is 2.86. The largest absolute Gasteiger partial charge is 0.506 e. The molecule has 0 fully saturated rings. The summed E-state index contributed by atoms with van der Waals surface area (Å²) in [7, 11) is -3.05. The molecule has 7 nitrogen and oxygen atoms in total. The average Bonchev–Trinajstić information content (AvgIpc) is 3.17. The van der Waals surface area contributed by atoms with Gasteiger partial charge in [-0.15, -0.1) is 0 Å². The molecule has 0 amide bonds. The molecule has 0 bridgehead atoms. The molecular weight excluding hydrogens is 396 g/mol. The Labute approximate surface area is 167 Å². The lowest BCUT2D eigenvalue weighted by atomic mass is 9.95. The summed E-state index contributed by atoms with van der Waals surface area (Å²) in [5.41, 5.74) is 0.207. The van der Waals surface area contributed by atoms with Crippen LogP contribution in [0.5, 0.6) is 5.75 Å². The molecular formula is C21H18O7S. The van der Waals surface area contributed by atoms with Crippen LogP contribution >= 0.6 is 0 Å². The highest BCUT2D eigenvalue weighted by Gasteiger charge is 2.32. The van der Waals surface area contributed by atoms with Crippen LogP contribution in [0.4, 0.5) is 0 Å². The molecule has 0 aliphatic rings. The van der Waals surface area contributed by atoms with E-state index in [4.69, 9.17) is 9.15 Å². The maximum atomic E-state index is 13.2. The number of methoxy groups -OCH3 is 1. The zero-order valence-electron chi connectivity index (χ0n) is 15.9. The summed E-state index contributed by atoms with van der Waals surface area (Å²) in [5.74, 6) is -2.02. The fourth-order valence-electron chi connectivity index (χ4n) is 3.13. The summed E-state index contributed by atoms with van der Waals surface area (Å²) in [4.78, 5) is 23.9. The quantitative estimate of drug-likeness (QED) is 0.499. The molecule has 0 unspecified atom stereocenters. The molecule has 3 aromatic rings. The van der Waals surface area contributed by atoms with Crippen molar-refractivity contribution >= 4 is 21.6 Å². The van der Waals surface area contributed by atoms with E-state index in [1.165, 1.54) is 37.5 Å². The van der Waals surface area contributed by atoms with Gasteiger partial charge in [0, 0.05) is 18.1 Å². The molecule has 0 radical (unpaired) electrons. The van der Waals surface area contributed by atoms with Gasteiger partial charge in [0.25, 0.3) is 0 Å². The predicted octanol–water partition coefficient (Wildman–Crippen LogP) is 3.78. The Morgan fingerprint density at radius 2 is 1.76 bits per heavy atom. The fourth-order valence-corrected chi connectivity index (χ4v) is 4.68. The van der Waals surface area contributed by atoms with Gasteiger partial charge in [-0.1, -0.05) is 18.2 Å². The van der Waals surface area contributed by atoms with E-state index >= 15 is 0 Å². The highest BCUT2D eigenvalue weighted by atomic mass is 32.2. The summed E-state index contributed by atoms with van der Waals surface area (Å²) in [5, 5.41) is 10.9. The van der Waals surface area contributed by atoms with Gasteiger partial charge in [-0.3, -0.25) is 4.79 Å². The molecule has 0 spiro atoms. The van der Waals surface area contributed by atoms with Crippen molar-refractivity contribution in [2.75, 3.05) is 7.11 Å². The first kappa shape index (κ1) is 20.3. The zero-order chi connectivity index (χ0) is 21.3. The second-order valence-electron chi connectivity index (χ2n) is 6.32. The van der Waals surface area contributed by atoms with Gasteiger partial charge in [-0.25, -0.2) is 13.2 Å². The summed E-state index contributed by atoms with van der Waals surface area (Å²) in [6, 6.07) is 10.3. The van der Waals surface area contributed by atoms with E-state index in [9.17, 15) is 23.1 Å². The first-order valence-corrected chi connectivity index (χ1v) is 10.0. The van der Waals surface area contributed by atoms with Crippen LogP contribution in [0.2, 0.25) is 0 Å².